The minimum atomic E-state index is -0.267. The number of rotatable bonds is 7. The number of amides is 2. The van der Waals surface area contributed by atoms with Crippen molar-refractivity contribution >= 4 is 17.5 Å². The standard InChI is InChI=1S/C17H25N5O3/c1-11-9-12(2)22-16(19-11)15(13(3)20-22)17(24)21(4)10-14(23)18-7-6-8-25-5/h9H,6-8,10H2,1-5H3,(H,18,23). The minimum Gasteiger partial charge on any atom is -0.385 e. The Morgan fingerprint density at radius 1 is 1.32 bits per heavy atom. The van der Waals surface area contributed by atoms with E-state index in [2.05, 4.69) is 15.4 Å². The average Bonchev–Trinajstić information content (AvgIpc) is 2.87. The Bertz CT molecular complexity index is 784. The molecular formula is C17H25N5O3. The molecule has 1 N–H and O–H groups in total. The fraction of sp³-hybridized carbons (Fsp3) is 0.529. The molecular weight excluding hydrogens is 322 g/mol. The molecule has 2 aromatic heterocycles. The van der Waals surface area contributed by atoms with Gasteiger partial charge in [-0.05, 0) is 33.3 Å². The third kappa shape index (κ3) is 4.33. The predicted octanol–water partition coefficient (Wildman–Crippen LogP) is 0.879. The van der Waals surface area contributed by atoms with Crippen molar-refractivity contribution < 1.29 is 14.3 Å². The van der Waals surface area contributed by atoms with Crippen molar-refractivity contribution in [3.05, 3.63) is 28.7 Å². The number of hydrogen-bond acceptors (Lipinski definition) is 5. The number of aryl methyl sites for hydroxylation is 3. The van der Waals surface area contributed by atoms with Crippen LogP contribution in [0.3, 0.4) is 0 Å². The summed E-state index contributed by atoms with van der Waals surface area (Å²) in [5.41, 5.74) is 3.27. The fourth-order valence-electron chi connectivity index (χ4n) is 2.66. The second-order valence-corrected chi connectivity index (χ2v) is 6.09. The molecule has 0 bridgehead atoms. The van der Waals surface area contributed by atoms with Crippen molar-refractivity contribution in [1.29, 1.82) is 0 Å². The molecule has 2 aromatic rings. The van der Waals surface area contributed by atoms with E-state index in [0.29, 0.717) is 30.1 Å². The van der Waals surface area contributed by atoms with Gasteiger partial charge in [-0.1, -0.05) is 0 Å². The van der Waals surface area contributed by atoms with Gasteiger partial charge in [-0.25, -0.2) is 9.50 Å². The van der Waals surface area contributed by atoms with Gasteiger partial charge >= 0.3 is 0 Å². The van der Waals surface area contributed by atoms with Crippen LogP contribution in [0.25, 0.3) is 5.65 Å². The van der Waals surface area contributed by atoms with Crippen molar-refractivity contribution in [3.63, 3.8) is 0 Å². The van der Waals surface area contributed by atoms with Gasteiger partial charge < -0.3 is 15.0 Å². The molecule has 0 aliphatic heterocycles. The van der Waals surface area contributed by atoms with Crippen LogP contribution in [0, 0.1) is 20.8 Å². The van der Waals surface area contributed by atoms with Crippen LogP contribution >= 0.6 is 0 Å². The summed E-state index contributed by atoms with van der Waals surface area (Å²) in [6, 6.07) is 1.91. The summed E-state index contributed by atoms with van der Waals surface area (Å²) in [7, 11) is 3.22. The zero-order valence-electron chi connectivity index (χ0n) is 15.4. The lowest BCUT2D eigenvalue weighted by Crippen LogP contribution is -2.39. The van der Waals surface area contributed by atoms with E-state index in [1.807, 2.05) is 19.9 Å². The topological polar surface area (TPSA) is 88.8 Å². The van der Waals surface area contributed by atoms with Gasteiger partial charge in [-0.2, -0.15) is 5.10 Å². The van der Waals surface area contributed by atoms with Crippen molar-refractivity contribution in [3.8, 4) is 0 Å². The minimum absolute atomic E-state index is 0.0204. The summed E-state index contributed by atoms with van der Waals surface area (Å²) < 4.78 is 6.59. The number of hydrogen-bond donors (Lipinski definition) is 1. The van der Waals surface area contributed by atoms with E-state index < -0.39 is 0 Å². The number of aromatic nitrogens is 3. The highest BCUT2D eigenvalue weighted by Crippen LogP contribution is 2.17. The number of nitrogens with zero attached hydrogens (tertiary/aromatic N) is 4. The van der Waals surface area contributed by atoms with Gasteiger partial charge in [0.15, 0.2) is 5.65 Å². The maximum absolute atomic E-state index is 12.8. The van der Waals surface area contributed by atoms with Gasteiger partial charge in [0, 0.05) is 38.7 Å². The van der Waals surface area contributed by atoms with E-state index in [1.54, 1.807) is 25.6 Å². The molecule has 0 saturated carbocycles. The van der Waals surface area contributed by atoms with E-state index in [-0.39, 0.29) is 18.4 Å². The van der Waals surface area contributed by atoms with E-state index in [9.17, 15) is 9.59 Å². The molecule has 8 nitrogen and oxygen atoms in total. The molecule has 0 aliphatic carbocycles. The number of methoxy groups -OCH3 is 1. The van der Waals surface area contributed by atoms with Crippen LogP contribution in [-0.4, -0.2) is 65.2 Å². The first-order chi connectivity index (χ1) is 11.8. The third-order valence-corrected chi connectivity index (χ3v) is 3.86. The highest BCUT2D eigenvalue weighted by molar-refractivity contribution is 6.02. The molecule has 136 valence electrons. The van der Waals surface area contributed by atoms with Gasteiger partial charge in [0.05, 0.1) is 12.2 Å². The molecule has 0 atom stereocenters. The zero-order chi connectivity index (χ0) is 18.6. The van der Waals surface area contributed by atoms with Gasteiger partial charge in [-0.15, -0.1) is 0 Å². The Hall–Kier alpha value is -2.48. The van der Waals surface area contributed by atoms with Crippen LogP contribution in [0.15, 0.2) is 6.07 Å². The SMILES string of the molecule is COCCCNC(=O)CN(C)C(=O)c1c(C)nn2c(C)cc(C)nc12. The Morgan fingerprint density at radius 3 is 2.72 bits per heavy atom. The van der Waals surface area contributed by atoms with E-state index >= 15 is 0 Å². The Kier molecular flexibility index (Phi) is 6.08. The Morgan fingerprint density at radius 2 is 2.04 bits per heavy atom. The van der Waals surface area contributed by atoms with Crippen molar-refractivity contribution in [1.82, 2.24) is 24.8 Å². The maximum atomic E-state index is 12.8. The highest BCUT2D eigenvalue weighted by atomic mass is 16.5. The lowest BCUT2D eigenvalue weighted by Gasteiger charge is -2.16. The smallest absolute Gasteiger partial charge is 0.259 e. The first-order valence-electron chi connectivity index (χ1n) is 8.19. The summed E-state index contributed by atoms with van der Waals surface area (Å²) in [6.45, 7) is 6.65. The molecule has 0 fully saturated rings. The molecule has 0 aromatic carbocycles. The molecule has 2 heterocycles. The molecule has 8 heteroatoms. The lowest BCUT2D eigenvalue weighted by molar-refractivity contribution is -0.121. The molecule has 25 heavy (non-hydrogen) atoms. The summed E-state index contributed by atoms with van der Waals surface area (Å²) in [6.07, 6.45) is 0.732. The van der Waals surface area contributed by atoms with E-state index in [4.69, 9.17) is 4.74 Å². The summed E-state index contributed by atoms with van der Waals surface area (Å²) in [5.74, 6) is -0.474. The van der Waals surface area contributed by atoms with E-state index in [1.165, 1.54) is 4.90 Å². The summed E-state index contributed by atoms with van der Waals surface area (Å²) in [4.78, 5) is 30.6. The third-order valence-electron chi connectivity index (χ3n) is 3.86. The first-order valence-corrected chi connectivity index (χ1v) is 8.19. The first kappa shape index (κ1) is 18.9. The quantitative estimate of drug-likeness (QED) is 0.751. The number of carbonyl (C=O) groups excluding carboxylic acids is 2. The maximum Gasteiger partial charge on any atom is 0.259 e. The van der Waals surface area contributed by atoms with Crippen LogP contribution < -0.4 is 5.32 Å². The van der Waals surface area contributed by atoms with E-state index in [0.717, 1.165) is 17.8 Å². The van der Waals surface area contributed by atoms with Crippen molar-refractivity contribution in [2.75, 3.05) is 33.9 Å². The fourth-order valence-corrected chi connectivity index (χ4v) is 2.66. The summed E-state index contributed by atoms with van der Waals surface area (Å²) in [5, 5.41) is 7.17. The van der Waals surface area contributed by atoms with Crippen molar-refractivity contribution in [2.24, 2.45) is 0 Å². The average molecular weight is 347 g/mol. The van der Waals surface area contributed by atoms with Gasteiger partial charge in [-0.3, -0.25) is 9.59 Å². The molecule has 2 rings (SSSR count). The van der Waals surface area contributed by atoms with Gasteiger partial charge in [0.2, 0.25) is 5.91 Å². The number of fused-ring (bicyclic) bond motifs is 1. The molecule has 0 aliphatic rings. The van der Waals surface area contributed by atoms with Crippen LogP contribution in [0.4, 0.5) is 0 Å². The molecule has 0 spiro atoms. The van der Waals surface area contributed by atoms with Crippen LogP contribution in [0.2, 0.25) is 0 Å². The van der Waals surface area contributed by atoms with Gasteiger partial charge in [0.25, 0.3) is 5.91 Å². The van der Waals surface area contributed by atoms with Crippen LogP contribution in [0.1, 0.15) is 33.9 Å². The largest absolute Gasteiger partial charge is 0.385 e. The monoisotopic (exact) mass is 347 g/mol. The Labute approximate surface area is 147 Å². The number of likely N-dealkylation sites (N-methyl/N-ethyl adjacent to an activating group) is 1. The highest BCUT2D eigenvalue weighted by Gasteiger charge is 2.23. The molecule has 2 amide bonds. The number of carbonyl (C=O) groups is 2. The van der Waals surface area contributed by atoms with Crippen LogP contribution in [0.5, 0.6) is 0 Å². The zero-order valence-corrected chi connectivity index (χ0v) is 15.4. The number of nitrogens with one attached hydrogen (secondary N) is 1. The Balaban J connectivity index is 2.13. The lowest BCUT2D eigenvalue weighted by atomic mass is 10.2. The summed E-state index contributed by atoms with van der Waals surface area (Å²) >= 11 is 0. The normalized spacial score (nSPS) is 10.9. The molecule has 0 unspecified atom stereocenters. The molecule has 0 saturated heterocycles. The number of ether oxygens (including phenoxy) is 1. The molecule has 0 radical (unpaired) electrons. The second kappa shape index (κ2) is 8.06. The van der Waals surface area contributed by atoms with Gasteiger partial charge in [0.1, 0.15) is 5.56 Å². The predicted molar refractivity (Wildman–Crippen MR) is 93.7 cm³/mol. The van der Waals surface area contributed by atoms with Crippen molar-refractivity contribution in [2.45, 2.75) is 27.2 Å². The van der Waals surface area contributed by atoms with Crippen LogP contribution in [-0.2, 0) is 9.53 Å². The second-order valence-electron chi connectivity index (χ2n) is 6.09.